The molecule has 4 heterocycles. The lowest BCUT2D eigenvalue weighted by atomic mass is 9.73. The lowest BCUT2D eigenvalue weighted by Gasteiger charge is -2.30. The van der Waals surface area contributed by atoms with E-state index >= 15 is 0 Å². The minimum absolute atomic E-state index is 0.0703. The zero-order valence-corrected chi connectivity index (χ0v) is 15.6. The average Bonchev–Trinajstić information content (AvgIpc) is 3.25. The Hall–Kier alpha value is -0.880. The fourth-order valence-electron chi connectivity index (χ4n) is 5.02. The molecule has 0 unspecified atom stereocenters. The van der Waals surface area contributed by atoms with Crippen molar-refractivity contribution in [2.45, 2.75) is 24.5 Å². The van der Waals surface area contributed by atoms with Crippen LogP contribution in [0.25, 0.3) is 10.2 Å². The van der Waals surface area contributed by atoms with Crippen LogP contribution < -0.4 is 4.90 Å². The highest BCUT2D eigenvalue weighted by atomic mass is 35.5. The van der Waals surface area contributed by atoms with E-state index in [0.29, 0.717) is 17.9 Å². The molecule has 2 bridgehead atoms. The van der Waals surface area contributed by atoms with Crippen LogP contribution in [0.15, 0.2) is 18.2 Å². The lowest BCUT2D eigenvalue weighted by molar-refractivity contribution is 0.0137. The summed E-state index contributed by atoms with van der Waals surface area (Å²) in [6.45, 7) is 3.19. The van der Waals surface area contributed by atoms with Crippen LogP contribution in [0.2, 0.25) is 5.02 Å². The third-order valence-electron chi connectivity index (χ3n) is 5.97. The molecular weight excluding hydrogens is 342 g/mol. The van der Waals surface area contributed by atoms with E-state index < -0.39 is 0 Å². The minimum atomic E-state index is 0.0703. The number of hydrogen-bond acceptors (Lipinski definition) is 5. The number of fused-ring (bicyclic) bond motifs is 2. The molecule has 6 heteroatoms. The second-order valence-corrected chi connectivity index (χ2v) is 9.23. The molecular formula is C18H22ClN3OS. The van der Waals surface area contributed by atoms with Crippen molar-refractivity contribution in [2.24, 2.45) is 11.8 Å². The number of benzene rings is 1. The Morgan fingerprint density at radius 1 is 1.46 bits per heavy atom. The topological polar surface area (TPSA) is 28.6 Å². The van der Waals surface area contributed by atoms with E-state index in [1.807, 2.05) is 18.2 Å². The first-order valence-electron chi connectivity index (χ1n) is 8.68. The molecule has 0 aliphatic carbocycles. The Labute approximate surface area is 151 Å². The fraction of sp³-hybridized carbons (Fsp3) is 0.611. The van der Waals surface area contributed by atoms with Crippen molar-refractivity contribution >= 4 is 38.3 Å². The first kappa shape index (κ1) is 15.4. The second kappa shape index (κ2) is 5.31. The van der Waals surface area contributed by atoms with Gasteiger partial charge in [-0.15, -0.1) is 0 Å². The van der Waals surface area contributed by atoms with Crippen molar-refractivity contribution < 1.29 is 4.74 Å². The molecule has 5 rings (SSSR count). The van der Waals surface area contributed by atoms with E-state index in [1.54, 1.807) is 11.3 Å². The normalized spacial score (nSPS) is 34.7. The number of rotatable bonds is 3. The lowest BCUT2D eigenvalue weighted by Crippen LogP contribution is -2.40. The van der Waals surface area contributed by atoms with E-state index in [1.165, 1.54) is 17.5 Å². The average molecular weight is 364 g/mol. The van der Waals surface area contributed by atoms with Crippen LogP contribution >= 0.6 is 22.9 Å². The molecule has 3 fully saturated rings. The maximum absolute atomic E-state index is 6.53. The third-order valence-corrected chi connectivity index (χ3v) is 7.28. The number of thiazole rings is 1. The largest absolute Gasteiger partial charge is 0.369 e. The molecule has 3 aliphatic rings. The molecule has 3 aliphatic heterocycles. The Morgan fingerprint density at radius 3 is 3.17 bits per heavy atom. The van der Waals surface area contributed by atoms with Crippen molar-refractivity contribution in [1.82, 2.24) is 9.88 Å². The van der Waals surface area contributed by atoms with Crippen LogP contribution in [-0.2, 0) is 4.74 Å². The first-order chi connectivity index (χ1) is 11.5. The van der Waals surface area contributed by atoms with Gasteiger partial charge >= 0.3 is 0 Å². The van der Waals surface area contributed by atoms with E-state index in [9.17, 15) is 0 Å². The van der Waals surface area contributed by atoms with Gasteiger partial charge < -0.3 is 14.5 Å². The molecule has 1 aromatic carbocycles. The number of nitrogens with zero attached hydrogens (tertiary/aromatic N) is 3. The second-order valence-electron chi connectivity index (χ2n) is 7.78. The molecule has 128 valence electrons. The van der Waals surface area contributed by atoms with Gasteiger partial charge in [-0.05, 0) is 45.1 Å². The van der Waals surface area contributed by atoms with E-state index in [0.717, 1.165) is 35.3 Å². The molecule has 2 aromatic rings. The summed E-state index contributed by atoms with van der Waals surface area (Å²) in [6.07, 6.45) is 2.89. The van der Waals surface area contributed by atoms with Gasteiger partial charge in [0.1, 0.15) is 0 Å². The zero-order valence-electron chi connectivity index (χ0n) is 14.0. The summed E-state index contributed by atoms with van der Waals surface area (Å²) in [7, 11) is 4.34. The van der Waals surface area contributed by atoms with Gasteiger partial charge in [-0.3, -0.25) is 0 Å². The highest BCUT2D eigenvalue weighted by Gasteiger charge is 2.63. The van der Waals surface area contributed by atoms with Gasteiger partial charge in [0.15, 0.2) is 5.13 Å². The summed E-state index contributed by atoms with van der Waals surface area (Å²) in [4.78, 5) is 9.61. The standard InChI is InChI=1S/C18H22ClN3OS/c1-21(2)8-12-13-9-22(10-18(13)6-5-15(12)23-18)17-20-14-4-3-11(19)7-16(14)24-17/h3-4,7,12-13,15H,5-6,8-10H2,1-2H3/t12-,13+,15+,18+/m0/s1. The summed E-state index contributed by atoms with van der Waals surface area (Å²) >= 11 is 7.87. The maximum atomic E-state index is 6.53. The van der Waals surface area contributed by atoms with Crippen LogP contribution in [0.3, 0.4) is 0 Å². The SMILES string of the molecule is CN(C)C[C@H]1[C@H]2CN(c3nc4ccc(Cl)cc4s3)C[C@]23CC[C@H]1O3. The molecule has 4 atom stereocenters. The van der Waals surface area contributed by atoms with Gasteiger partial charge in [-0.2, -0.15) is 0 Å². The molecule has 24 heavy (non-hydrogen) atoms. The molecule has 3 saturated heterocycles. The molecule has 0 radical (unpaired) electrons. The van der Waals surface area contributed by atoms with E-state index in [4.69, 9.17) is 21.3 Å². The van der Waals surface area contributed by atoms with Crippen LogP contribution in [0, 0.1) is 11.8 Å². The number of aromatic nitrogens is 1. The number of halogens is 1. The van der Waals surface area contributed by atoms with Crippen LogP contribution in [0.4, 0.5) is 5.13 Å². The van der Waals surface area contributed by atoms with Gasteiger partial charge in [-0.1, -0.05) is 22.9 Å². The van der Waals surface area contributed by atoms with Gasteiger partial charge in [-0.25, -0.2) is 4.98 Å². The Balaban J connectivity index is 1.45. The molecule has 0 saturated carbocycles. The Kier molecular flexibility index (Phi) is 3.40. The molecule has 0 amide bonds. The van der Waals surface area contributed by atoms with Crippen LogP contribution in [-0.4, -0.2) is 55.3 Å². The van der Waals surface area contributed by atoms with Crippen LogP contribution in [0.1, 0.15) is 12.8 Å². The summed E-state index contributed by atoms with van der Waals surface area (Å²) in [6, 6.07) is 5.95. The summed E-state index contributed by atoms with van der Waals surface area (Å²) in [5, 5.41) is 1.90. The summed E-state index contributed by atoms with van der Waals surface area (Å²) < 4.78 is 7.70. The first-order valence-corrected chi connectivity index (χ1v) is 9.87. The summed E-state index contributed by atoms with van der Waals surface area (Å²) in [5.41, 5.74) is 1.12. The van der Waals surface area contributed by atoms with E-state index in [2.05, 4.69) is 23.9 Å². The number of anilines is 1. The molecule has 0 N–H and O–H groups in total. The molecule has 1 spiro atoms. The zero-order chi connectivity index (χ0) is 16.5. The highest BCUT2D eigenvalue weighted by molar-refractivity contribution is 7.22. The van der Waals surface area contributed by atoms with E-state index in [-0.39, 0.29) is 5.60 Å². The van der Waals surface area contributed by atoms with Crippen molar-refractivity contribution in [3.05, 3.63) is 23.2 Å². The highest BCUT2D eigenvalue weighted by Crippen LogP contribution is 2.55. The predicted molar refractivity (Wildman–Crippen MR) is 99.2 cm³/mol. The quantitative estimate of drug-likeness (QED) is 0.834. The minimum Gasteiger partial charge on any atom is -0.369 e. The van der Waals surface area contributed by atoms with Gasteiger partial charge in [0.25, 0.3) is 0 Å². The van der Waals surface area contributed by atoms with Gasteiger partial charge in [0, 0.05) is 36.5 Å². The van der Waals surface area contributed by atoms with Crippen molar-refractivity contribution in [3.8, 4) is 0 Å². The molecule has 4 nitrogen and oxygen atoms in total. The van der Waals surface area contributed by atoms with Crippen molar-refractivity contribution in [1.29, 1.82) is 0 Å². The Morgan fingerprint density at radius 2 is 2.33 bits per heavy atom. The fourth-order valence-corrected chi connectivity index (χ4v) is 6.27. The van der Waals surface area contributed by atoms with Crippen molar-refractivity contribution in [3.63, 3.8) is 0 Å². The maximum Gasteiger partial charge on any atom is 0.186 e. The summed E-state index contributed by atoms with van der Waals surface area (Å²) in [5.74, 6) is 1.29. The molecule has 1 aromatic heterocycles. The van der Waals surface area contributed by atoms with Crippen molar-refractivity contribution in [2.75, 3.05) is 38.6 Å². The van der Waals surface area contributed by atoms with Crippen LogP contribution in [0.5, 0.6) is 0 Å². The predicted octanol–water partition coefficient (Wildman–Crippen LogP) is 3.50. The number of ether oxygens (including phenoxy) is 1. The van der Waals surface area contributed by atoms with Gasteiger partial charge in [0.05, 0.1) is 21.9 Å². The Bertz CT molecular complexity index is 794. The monoisotopic (exact) mass is 363 g/mol. The number of hydrogen-bond donors (Lipinski definition) is 0. The van der Waals surface area contributed by atoms with Gasteiger partial charge in [0.2, 0.25) is 0 Å². The third kappa shape index (κ3) is 2.22. The smallest absolute Gasteiger partial charge is 0.186 e.